The number of nitrogens with one attached hydrogen (secondary N) is 1. The van der Waals surface area contributed by atoms with Gasteiger partial charge in [-0.15, -0.1) is 11.3 Å². The molecule has 1 N–H and O–H groups in total. The van der Waals surface area contributed by atoms with Crippen molar-refractivity contribution in [2.45, 2.75) is 13.5 Å². The lowest BCUT2D eigenvalue weighted by atomic mass is 10.1. The van der Waals surface area contributed by atoms with Crippen molar-refractivity contribution in [3.8, 4) is 21.8 Å². The van der Waals surface area contributed by atoms with Crippen LogP contribution < -0.4 is 5.32 Å². The minimum absolute atomic E-state index is 0.147. The monoisotopic (exact) mass is 444 g/mol. The average Bonchev–Trinajstić information content (AvgIpc) is 3.27. The van der Waals surface area contributed by atoms with E-state index in [1.807, 2.05) is 42.5 Å². The number of thiazole rings is 1. The summed E-state index contributed by atoms with van der Waals surface area (Å²) in [5.41, 5.74) is 6.34. The second-order valence-corrected chi connectivity index (χ2v) is 8.50. The van der Waals surface area contributed by atoms with Gasteiger partial charge in [-0.2, -0.15) is 0 Å². The molecule has 1 heterocycles. The smallest absolute Gasteiger partial charge is 0.244 e. The molecule has 4 rings (SSSR count). The van der Waals surface area contributed by atoms with E-state index in [1.54, 1.807) is 23.5 Å². The molecule has 3 aromatic carbocycles. The van der Waals surface area contributed by atoms with E-state index in [9.17, 15) is 4.79 Å². The standard InChI is InChI=1S/C26H21ClN2OS/c1-18-5-10-21(11-6-18)24-17-31-26(29-24)22-12-7-20(8-13-22)16-28-25(30)14-9-19-3-2-4-23(27)15-19/h2-15,17H,16H2,1H3,(H,28,30)/b14-9+. The van der Waals surface area contributed by atoms with Gasteiger partial charge in [0.05, 0.1) is 5.69 Å². The van der Waals surface area contributed by atoms with E-state index in [0.29, 0.717) is 11.6 Å². The minimum Gasteiger partial charge on any atom is -0.348 e. The van der Waals surface area contributed by atoms with Gasteiger partial charge < -0.3 is 5.32 Å². The highest BCUT2D eigenvalue weighted by Gasteiger charge is 2.07. The Morgan fingerprint density at radius 3 is 2.52 bits per heavy atom. The molecule has 0 unspecified atom stereocenters. The van der Waals surface area contributed by atoms with Crippen LogP contribution >= 0.6 is 22.9 Å². The van der Waals surface area contributed by atoms with Gasteiger partial charge in [0, 0.05) is 34.2 Å². The van der Waals surface area contributed by atoms with Gasteiger partial charge in [0.2, 0.25) is 5.91 Å². The third-order valence-corrected chi connectivity index (χ3v) is 5.92. The zero-order valence-electron chi connectivity index (χ0n) is 17.0. The van der Waals surface area contributed by atoms with Crippen molar-refractivity contribution in [2.24, 2.45) is 0 Å². The molecule has 31 heavy (non-hydrogen) atoms. The van der Waals surface area contributed by atoms with Crippen molar-refractivity contribution in [3.05, 3.63) is 106 Å². The molecule has 1 aromatic heterocycles. The number of benzene rings is 3. The highest BCUT2D eigenvalue weighted by atomic mass is 35.5. The Morgan fingerprint density at radius 2 is 1.77 bits per heavy atom. The molecule has 0 saturated heterocycles. The largest absolute Gasteiger partial charge is 0.348 e. The number of hydrogen-bond donors (Lipinski definition) is 1. The fourth-order valence-electron chi connectivity index (χ4n) is 3.06. The van der Waals surface area contributed by atoms with Crippen LogP contribution in [-0.2, 0) is 11.3 Å². The molecule has 4 aromatic rings. The number of carbonyl (C=O) groups excluding carboxylic acids is 1. The van der Waals surface area contributed by atoms with Gasteiger partial charge in [0.1, 0.15) is 5.01 Å². The van der Waals surface area contributed by atoms with Crippen molar-refractivity contribution in [1.82, 2.24) is 10.3 Å². The van der Waals surface area contributed by atoms with Crippen LogP contribution in [0.15, 0.2) is 84.3 Å². The van der Waals surface area contributed by atoms with E-state index in [4.69, 9.17) is 16.6 Å². The molecule has 5 heteroatoms. The second kappa shape index (κ2) is 9.73. The molecule has 0 radical (unpaired) electrons. The maximum atomic E-state index is 12.1. The summed E-state index contributed by atoms with van der Waals surface area (Å²) in [7, 11) is 0. The van der Waals surface area contributed by atoms with Gasteiger partial charge in [0.25, 0.3) is 0 Å². The van der Waals surface area contributed by atoms with E-state index in [0.717, 1.165) is 33.0 Å². The molecule has 0 aliphatic carbocycles. The van der Waals surface area contributed by atoms with E-state index < -0.39 is 0 Å². The van der Waals surface area contributed by atoms with E-state index in [2.05, 4.69) is 41.9 Å². The average molecular weight is 445 g/mol. The van der Waals surface area contributed by atoms with Crippen LogP contribution in [0.25, 0.3) is 27.9 Å². The molecule has 0 saturated carbocycles. The fourth-order valence-corrected chi connectivity index (χ4v) is 4.09. The van der Waals surface area contributed by atoms with Gasteiger partial charge in [0.15, 0.2) is 0 Å². The maximum Gasteiger partial charge on any atom is 0.244 e. The predicted octanol–water partition coefficient (Wildman–Crippen LogP) is 6.77. The molecule has 0 spiro atoms. The Morgan fingerprint density at radius 1 is 1.03 bits per heavy atom. The molecular formula is C26H21ClN2OS. The number of aromatic nitrogens is 1. The molecule has 0 fully saturated rings. The molecule has 0 aliphatic rings. The van der Waals surface area contributed by atoms with E-state index >= 15 is 0 Å². The minimum atomic E-state index is -0.147. The normalized spacial score (nSPS) is 11.0. The lowest BCUT2D eigenvalue weighted by Gasteiger charge is -2.04. The number of hydrogen-bond acceptors (Lipinski definition) is 3. The molecule has 154 valence electrons. The summed E-state index contributed by atoms with van der Waals surface area (Å²) < 4.78 is 0. The van der Waals surface area contributed by atoms with Gasteiger partial charge in [-0.25, -0.2) is 4.98 Å². The Kier molecular flexibility index (Phi) is 6.60. The van der Waals surface area contributed by atoms with Crippen LogP contribution in [0.5, 0.6) is 0 Å². The number of nitrogens with zero attached hydrogens (tertiary/aromatic N) is 1. The summed E-state index contributed by atoms with van der Waals surface area (Å²) in [6.45, 7) is 2.54. The van der Waals surface area contributed by atoms with Crippen molar-refractivity contribution in [1.29, 1.82) is 0 Å². The van der Waals surface area contributed by atoms with Crippen LogP contribution in [0.3, 0.4) is 0 Å². The fraction of sp³-hybridized carbons (Fsp3) is 0.0769. The first-order valence-corrected chi connectivity index (χ1v) is 11.2. The summed E-state index contributed by atoms with van der Waals surface area (Å²) in [5.74, 6) is -0.147. The van der Waals surface area contributed by atoms with Gasteiger partial charge >= 0.3 is 0 Å². The SMILES string of the molecule is Cc1ccc(-c2csc(-c3ccc(CNC(=O)/C=C/c4cccc(Cl)c4)cc3)n2)cc1. The summed E-state index contributed by atoms with van der Waals surface area (Å²) in [4.78, 5) is 16.9. The van der Waals surface area contributed by atoms with Crippen LogP contribution in [0.1, 0.15) is 16.7 Å². The number of carbonyl (C=O) groups is 1. The van der Waals surface area contributed by atoms with Crippen molar-refractivity contribution < 1.29 is 4.79 Å². The zero-order chi connectivity index (χ0) is 21.6. The zero-order valence-corrected chi connectivity index (χ0v) is 18.6. The van der Waals surface area contributed by atoms with Crippen LogP contribution in [-0.4, -0.2) is 10.9 Å². The first-order valence-electron chi connectivity index (χ1n) is 9.90. The number of aryl methyl sites for hydroxylation is 1. The first-order chi connectivity index (χ1) is 15.1. The summed E-state index contributed by atoms with van der Waals surface area (Å²) >= 11 is 7.59. The topological polar surface area (TPSA) is 42.0 Å². The van der Waals surface area contributed by atoms with Crippen LogP contribution in [0, 0.1) is 6.92 Å². The molecule has 1 amide bonds. The lowest BCUT2D eigenvalue weighted by molar-refractivity contribution is -0.116. The number of amides is 1. The van der Waals surface area contributed by atoms with Crippen molar-refractivity contribution in [3.63, 3.8) is 0 Å². The third-order valence-electron chi connectivity index (χ3n) is 4.79. The van der Waals surface area contributed by atoms with E-state index in [1.165, 1.54) is 11.6 Å². The second-order valence-electron chi connectivity index (χ2n) is 7.21. The summed E-state index contributed by atoms with van der Waals surface area (Å²) in [6.07, 6.45) is 3.26. The Balaban J connectivity index is 1.35. The Labute approximate surface area is 191 Å². The van der Waals surface area contributed by atoms with Gasteiger partial charge in [-0.1, -0.05) is 77.8 Å². The maximum absolute atomic E-state index is 12.1. The quantitative estimate of drug-likeness (QED) is 0.333. The Hall–Kier alpha value is -3.21. The molecule has 3 nitrogen and oxygen atoms in total. The Bertz CT molecular complexity index is 1210. The lowest BCUT2D eigenvalue weighted by Crippen LogP contribution is -2.20. The van der Waals surface area contributed by atoms with Gasteiger partial charge in [-0.3, -0.25) is 4.79 Å². The molecule has 0 bridgehead atoms. The first kappa shape index (κ1) is 21.0. The van der Waals surface area contributed by atoms with Crippen molar-refractivity contribution >= 4 is 34.9 Å². The molecular weight excluding hydrogens is 424 g/mol. The highest BCUT2D eigenvalue weighted by Crippen LogP contribution is 2.29. The van der Waals surface area contributed by atoms with Crippen molar-refractivity contribution in [2.75, 3.05) is 0 Å². The molecule has 0 aliphatic heterocycles. The van der Waals surface area contributed by atoms with Crippen LogP contribution in [0.2, 0.25) is 5.02 Å². The summed E-state index contributed by atoms with van der Waals surface area (Å²) in [6, 6.07) is 23.9. The van der Waals surface area contributed by atoms with Gasteiger partial charge in [-0.05, 0) is 36.3 Å². The number of halogens is 1. The molecule has 0 atom stereocenters. The van der Waals surface area contributed by atoms with E-state index in [-0.39, 0.29) is 5.91 Å². The number of rotatable bonds is 6. The predicted molar refractivity (Wildman–Crippen MR) is 130 cm³/mol. The summed E-state index contributed by atoms with van der Waals surface area (Å²) in [5, 5.41) is 6.61. The third kappa shape index (κ3) is 5.69. The van der Waals surface area contributed by atoms with Crippen LogP contribution in [0.4, 0.5) is 0 Å². The highest BCUT2D eigenvalue weighted by molar-refractivity contribution is 7.13.